The molecule has 0 saturated carbocycles. The van der Waals surface area contributed by atoms with E-state index in [1.807, 2.05) is 6.92 Å². The Hall–Kier alpha value is -0.340. The molecule has 0 rings (SSSR count). The fraction of sp³-hybridized carbons (Fsp3) is 0.857. The van der Waals surface area contributed by atoms with Crippen LogP contribution in [0.2, 0.25) is 0 Å². The molecule has 0 aliphatic heterocycles. The van der Waals surface area contributed by atoms with E-state index in [1.165, 1.54) is 5.57 Å². The summed E-state index contributed by atoms with van der Waals surface area (Å²) in [5, 5.41) is 3.46. The van der Waals surface area contributed by atoms with E-state index in [-0.39, 0.29) is 0 Å². The summed E-state index contributed by atoms with van der Waals surface area (Å²) in [6.45, 7) is 17.6. The summed E-state index contributed by atoms with van der Waals surface area (Å²) in [5.41, 5.74) is 1.19. The van der Waals surface area contributed by atoms with Crippen LogP contribution in [0, 0.1) is 11.8 Å². The van der Waals surface area contributed by atoms with Crippen molar-refractivity contribution in [2.45, 2.75) is 47.1 Å². The number of rotatable bonds is 9. The molecule has 0 amide bonds. The van der Waals surface area contributed by atoms with Gasteiger partial charge in [0.1, 0.15) is 0 Å². The lowest BCUT2D eigenvalue weighted by Gasteiger charge is -2.22. The minimum atomic E-state index is 0.318. The van der Waals surface area contributed by atoms with Gasteiger partial charge in [0.05, 0.1) is 12.7 Å². The Kier molecular flexibility index (Phi) is 8.58. The van der Waals surface area contributed by atoms with Crippen LogP contribution in [0.3, 0.4) is 0 Å². The standard InChI is InChI=1S/C14H29NO/c1-11(2)7-8-16-14(13(5)6)10-15-9-12(3)4/h12-15H,1,7-10H2,2-6H3. The average Bonchev–Trinajstić information content (AvgIpc) is 2.14. The highest BCUT2D eigenvalue weighted by atomic mass is 16.5. The third kappa shape index (κ3) is 8.93. The molecule has 16 heavy (non-hydrogen) atoms. The van der Waals surface area contributed by atoms with Gasteiger partial charge in [-0.2, -0.15) is 0 Å². The van der Waals surface area contributed by atoms with Gasteiger partial charge in [-0.25, -0.2) is 0 Å². The second-order valence-electron chi connectivity index (χ2n) is 5.41. The molecule has 0 aromatic carbocycles. The zero-order valence-corrected chi connectivity index (χ0v) is 11.7. The Balaban J connectivity index is 3.75. The maximum atomic E-state index is 5.87. The van der Waals surface area contributed by atoms with Crippen LogP contribution in [0.4, 0.5) is 0 Å². The van der Waals surface area contributed by atoms with Crippen molar-refractivity contribution in [2.75, 3.05) is 19.7 Å². The zero-order chi connectivity index (χ0) is 12.6. The molecule has 0 aliphatic rings. The first-order chi connectivity index (χ1) is 7.43. The number of ether oxygens (including phenoxy) is 1. The average molecular weight is 227 g/mol. The van der Waals surface area contributed by atoms with Crippen molar-refractivity contribution < 1.29 is 4.74 Å². The summed E-state index contributed by atoms with van der Waals surface area (Å²) in [4.78, 5) is 0. The third-order valence-corrected chi connectivity index (χ3v) is 2.50. The first-order valence-corrected chi connectivity index (χ1v) is 6.40. The van der Waals surface area contributed by atoms with Gasteiger partial charge in [0.25, 0.3) is 0 Å². The molecular weight excluding hydrogens is 198 g/mol. The fourth-order valence-electron chi connectivity index (χ4n) is 1.39. The second-order valence-corrected chi connectivity index (χ2v) is 5.41. The summed E-state index contributed by atoms with van der Waals surface area (Å²) < 4.78 is 5.87. The normalized spacial score (nSPS) is 13.4. The van der Waals surface area contributed by atoms with Gasteiger partial charge in [-0.3, -0.25) is 0 Å². The van der Waals surface area contributed by atoms with Crippen LogP contribution < -0.4 is 5.32 Å². The van der Waals surface area contributed by atoms with Crippen molar-refractivity contribution >= 4 is 0 Å². The number of nitrogens with one attached hydrogen (secondary N) is 1. The smallest absolute Gasteiger partial charge is 0.0722 e. The van der Waals surface area contributed by atoms with E-state index in [2.05, 4.69) is 39.6 Å². The lowest BCUT2D eigenvalue weighted by Crippen LogP contribution is -2.35. The highest BCUT2D eigenvalue weighted by molar-refractivity contribution is 4.87. The Morgan fingerprint density at radius 1 is 1.19 bits per heavy atom. The Labute approximate surface area is 101 Å². The second kappa shape index (κ2) is 8.77. The summed E-state index contributed by atoms with van der Waals surface area (Å²) in [6, 6.07) is 0. The molecule has 1 unspecified atom stereocenters. The number of hydrogen-bond acceptors (Lipinski definition) is 2. The van der Waals surface area contributed by atoms with E-state index in [4.69, 9.17) is 4.74 Å². The Bertz CT molecular complexity index is 187. The summed E-state index contributed by atoms with van der Waals surface area (Å²) in [7, 11) is 0. The van der Waals surface area contributed by atoms with E-state index >= 15 is 0 Å². The molecular formula is C14H29NO. The van der Waals surface area contributed by atoms with Gasteiger partial charge in [0.2, 0.25) is 0 Å². The molecule has 2 heteroatoms. The molecule has 1 N–H and O–H groups in total. The molecule has 0 radical (unpaired) electrons. The van der Waals surface area contributed by atoms with Gasteiger partial charge in [-0.15, -0.1) is 6.58 Å². The number of hydrogen-bond donors (Lipinski definition) is 1. The minimum Gasteiger partial charge on any atom is -0.376 e. The predicted molar refractivity (Wildman–Crippen MR) is 71.7 cm³/mol. The van der Waals surface area contributed by atoms with Crippen LogP contribution in [0.1, 0.15) is 41.0 Å². The van der Waals surface area contributed by atoms with Crippen LogP contribution in [0.15, 0.2) is 12.2 Å². The van der Waals surface area contributed by atoms with Crippen molar-refractivity contribution in [1.29, 1.82) is 0 Å². The van der Waals surface area contributed by atoms with Crippen LogP contribution in [0.5, 0.6) is 0 Å². The van der Waals surface area contributed by atoms with E-state index in [9.17, 15) is 0 Å². The third-order valence-electron chi connectivity index (χ3n) is 2.50. The molecule has 96 valence electrons. The minimum absolute atomic E-state index is 0.318. The topological polar surface area (TPSA) is 21.3 Å². The molecule has 0 saturated heterocycles. The molecule has 0 spiro atoms. The van der Waals surface area contributed by atoms with Crippen molar-refractivity contribution in [3.8, 4) is 0 Å². The van der Waals surface area contributed by atoms with E-state index in [0.29, 0.717) is 17.9 Å². The van der Waals surface area contributed by atoms with Crippen molar-refractivity contribution in [2.24, 2.45) is 11.8 Å². The monoisotopic (exact) mass is 227 g/mol. The van der Waals surface area contributed by atoms with Gasteiger partial charge >= 0.3 is 0 Å². The molecule has 2 nitrogen and oxygen atoms in total. The predicted octanol–water partition coefficient (Wildman–Crippen LogP) is 3.24. The van der Waals surface area contributed by atoms with Gasteiger partial charge in [-0.05, 0) is 31.7 Å². The van der Waals surface area contributed by atoms with Gasteiger partial charge < -0.3 is 10.1 Å². The molecule has 0 aromatic rings. The first kappa shape index (κ1) is 15.7. The van der Waals surface area contributed by atoms with E-state index in [1.54, 1.807) is 0 Å². The Morgan fingerprint density at radius 3 is 2.25 bits per heavy atom. The van der Waals surface area contributed by atoms with Crippen LogP contribution in [0.25, 0.3) is 0 Å². The quantitative estimate of drug-likeness (QED) is 0.611. The van der Waals surface area contributed by atoms with Crippen molar-refractivity contribution in [3.63, 3.8) is 0 Å². The highest BCUT2D eigenvalue weighted by Gasteiger charge is 2.13. The Morgan fingerprint density at radius 2 is 1.81 bits per heavy atom. The molecule has 0 fully saturated rings. The molecule has 0 aromatic heterocycles. The summed E-state index contributed by atoms with van der Waals surface area (Å²) in [5.74, 6) is 1.26. The van der Waals surface area contributed by atoms with Gasteiger partial charge in [0, 0.05) is 6.54 Å². The van der Waals surface area contributed by atoms with Crippen molar-refractivity contribution in [3.05, 3.63) is 12.2 Å². The molecule has 0 heterocycles. The fourth-order valence-corrected chi connectivity index (χ4v) is 1.39. The van der Waals surface area contributed by atoms with Crippen LogP contribution in [-0.2, 0) is 4.74 Å². The summed E-state index contributed by atoms with van der Waals surface area (Å²) >= 11 is 0. The maximum absolute atomic E-state index is 5.87. The molecule has 0 bridgehead atoms. The van der Waals surface area contributed by atoms with Gasteiger partial charge in [0.15, 0.2) is 0 Å². The van der Waals surface area contributed by atoms with Crippen LogP contribution in [-0.4, -0.2) is 25.8 Å². The van der Waals surface area contributed by atoms with Crippen LogP contribution >= 0.6 is 0 Å². The lowest BCUT2D eigenvalue weighted by molar-refractivity contribution is 0.0245. The molecule has 1 atom stereocenters. The van der Waals surface area contributed by atoms with Crippen molar-refractivity contribution in [1.82, 2.24) is 5.32 Å². The van der Waals surface area contributed by atoms with Gasteiger partial charge in [-0.1, -0.05) is 33.3 Å². The SMILES string of the molecule is C=C(C)CCOC(CNCC(C)C)C(C)C. The zero-order valence-electron chi connectivity index (χ0n) is 11.7. The summed E-state index contributed by atoms with van der Waals surface area (Å²) in [6.07, 6.45) is 1.28. The first-order valence-electron chi connectivity index (χ1n) is 6.40. The largest absolute Gasteiger partial charge is 0.376 e. The van der Waals surface area contributed by atoms with E-state index in [0.717, 1.165) is 26.1 Å². The lowest BCUT2D eigenvalue weighted by atomic mass is 10.1. The van der Waals surface area contributed by atoms with E-state index < -0.39 is 0 Å². The maximum Gasteiger partial charge on any atom is 0.0722 e. The highest BCUT2D eigenvalue weighted by Crippen LogP contribution is 2.07. The molecule has 0 aliphatic carbocycles.